The summed E-state index contributed by atoms with van der Waals surface area (Å²) in [6, 6.07) is 15.3. The Morgan fingerprint density at radius 3 is 2.32 bits per heavy atom. The van der Waals surface area contributed by atoms with Crippen LogP contribution in [0.15, 0.2) is 65.8 Å². The Labute approximate surface area is 183 Å². The molecule has 1 unspecified atom stereocenters. The summed E-state index contributed by atoms with van der Waals surface area (Å²) in [5, 5.41) is -1.10. The summed E-state index contributed by atoms with van der Waals surface area (Å²) in [5.41, 5.74) is 1.73. The standard InChI is InChI=1S/C23H27N3O4S/c1-2-3-15-25-16-8-14-24-23(25)22(31(27,28)29)13-17-26-18-9-4-6-11-20(18)30-21-12-7-5-10-19(21)26/h4-12,14,22H,2-3,13,15-17H2,1H3,(H,27,28,29). The van der Waals surface area contributed by atoms with Crippen LogP contribution in [0.4, 0.5) is 11.4 Å². The van der Waals surface area contributed by atoms with Crippen LogP contribution in [-0.4, -0.2) is 48.6 Å². The molecule has 1 N–H and O–H groups in total. The predicted molar refractivity (Wildman–Crippen MR) is 123 cm³/mol. The summed E-state index contributed by atoms with van der Waals surface area (Å²) < 4.78 is 40.9. The summed E-state index contributed by atoms with van der Waals surface area (Å²) in [5.74, 6) is 1.84. The van der Waals surface area contributed by atoms with E-state index in [9.17, 15) is 13.0 Å². The van der Waals surface area contributed by atoms with Gasteiger partial charge < -0.3 is 14.5 Å². The number of aliphatic imine (C=N–C) groups is 1. The normalized spacial score (nSPS) is 16.3. The van der Waals surface area contributed by atoms with E-state index in [1.807, 2.05) is 64.4 Å². The number of nitrogens with zero attached hydrogens (tertiary/aromatic N) is 3. The van der Waals surface area contributed by atoms with Crippen LogP contribution in [0.1, 0.15) is 26.2 Å². The lowest BCUT2D eigenvalue weighted by molar-refractivity contribution is 0.421. The lowest BCUT2D eigenvalue weighted by atomic mass is 10.1. The fourth-order valence-electron chi connectivity index (χ4n) is 4.00. The Bertz CT molecular complexity index is 1050. The van der Waals surface area contributed by atoms with E-state index in [0.717, 1.165) is 24.2 Å². The number of benzene rings is 2. The fraction of sp³-hybridized carbons (Fsp3) is 0.348. The molecule has 0 bridgehead atoms. The second kappa shape index (κ2) is 9.11. The summed E-state index contributed by atoms with van der Waals surface area (Å²) >= 11 is 0. The summed E-state index contributed by atoms with van der Waals surface area (Å²) in [7, 11) is -4.34. The first-order valence-electron chi connectivity index (χ1n) is 10.6. The Morgan fingerprint density at radius 1 is 1.06 bits per heavy atom. The van der Waals surface area contributed by atoms with Gasteiger partial charge in [-0.05, 0) is 43.2 Å². The maximum atomic E-state index is 12.4. The zero-order valence-electron chi connectivity index (χ0n) is 17.5. The molecule has 1 atom stereocenters. The molecule has 8 heteroatoms. The van der Waals surface area contributed by atoms with Gasteiger partial charge >= 0.3 is 0 Å². The topological polar surface area (TPSA) is 82.4 Å². The van der Waals surface area contributed by atoms with Gasteiger partial charge in [0.1, 0.15) is 11.1 Å². The van der Waals surface area contributed by atoms with Crippen molar-refractivity contribution in [2.75, 3.05) is 24.5 Å². The highest BCUT2D eigenvalue weighted by Gasteiger charge is 2.34. The van der Waals surface area contributed by atoms with Crippen molar-refractivity contribution in [1.29, 1.82) is 0 Å². The van der Waals surface area contributed by atoms with Gasteiger partial charge in [-0.3, -0.25) is 4.55 Å². The number of para-hydroxylation sites is 4. The van der Waals surface area contributed by atoms with E-state index in [1.165, 1.54) is 0 Å². The van der Waals surface area contributed by atoms with Crippen LogP contribution in [0.2, 0.25) is 0 Å². The quantitative estimate of drug-likeness (QED) is 0.603. The number of fused-ring (bicyclic) bond motifs is 2. The molecule has 4 rings (SSSR count). The zero-order valence-corrected chi connectivity index (χ0v) is 18.3. The molecule has 0 fully saturated rings. The fourth-order valence-corrected chi connectivity index (χ4v) is 4.88. The molecule has 0 aliphatic carbocycles. The number of anilines is 2. The van der Waals surface area contributed by atoms with Gasteiger partial charge in [-0.15, -0.1) is 0 Å². The molecule has 31 heavy (non-hydrogen) atoms. The van der Waals surface area contributed by atoms with Crippen molar-refractivity contribution < 1.29 is 17.7 Å². The van der Waals surface area contributed by atoms with Gasteiger partial charge in [-0.1, -0.05) is 37.6 Å². The molecule has 0 amide bonds. The van der Waals surface area contributed by atoms with Crippen LogP contribution >= 0.6 is 0 Å². The molecule has 7 nitrogen and oxygen atoms in total. The number of amidine groups is 1. The SMILES string of the molecule is CCCCN1CC=CN=C1C(CCN1c2ccccc2Oc2ccccc21)S(=O)(=O)O. The second-order valence-corrected chi connectivity index (χ2v) is 9.25. The molecule has 0 aromatic heterocycles. The van der Waals surface area contributed by atoms with Crippen LogP contribution in [0, 0.1) is 0 Å². The molecule has 2 heterocycles. The molecule has 0 saturated heterocycles. The van der Waals surface area contributed by atoms with Crippen LogP contribution in [0.25, 0.3) is 0 Å². The third kappa shape index (κ3) is 4.60. The van der Waals surface area contributed by atoms with Crippen molar-refractivity contribution in [2.24, 2.45) is 4.99 Å². The Hall–Kier alpha value is -2.84. The molecule has 164 valence electrons. The van der Waals surface area contributed by atoms with E-state index < -0.39 is 15.4 Å². The van der Waals surface area contributed by atoms with Crippen LogP contribution in [0.3, 0.4) is 0 Å². The maximum Gasteiger partial charge on any atom is 0.275 e. The maximum absolute atomic E-state index is 12.4. The van der Waals surface area contributed by atoms with Crippen molar-refractivity contribution in [3.8, 4) is 11.5 Å². The van der Waals surface area contributed by atoms with Crippen LogP contribution in [-0.2, 0) is 10.1 Å². The van der Waals surface area contributed by atoms with Crippen molar-refractivity contribution in [3.63, 3.8) is 0 Å². The number of hydrogen-bond acceptors (Lipinski definition) is 6. The van der Waals surface area contributed by atoms with Gasteiger partial charge in [0, 0.05) is 25.8 Å². The molecule has 0 radical (unpaired) electrons. The second-order valence-electron chi connectivity index (χ2n) is 7.65. The first-order chi connectivity index (χ1) is 15.0. The molecule has 2 aliphatic rings. The average molecular weight is 442 g/mol. The minimum Gasteiger partial charge on any atom is -0.453 e. The first-order valence-corrected chi connectivity index (χ1v) is 12.1. The lowest BCUT2D eigenvalue weighted by Gasteiger charge is -2.35. The smallest absolute Gasteiger partial charge is 0.275 e. The average Bonchev–Trinajstić information content (AvgIpc) is 2.77. The first kappa shape index (κ1) is 21.4. The van der Waals surface area contributed by atoms with Crippen molar-refractivity contribution in [2.45, 2.75) is 31.4 Å². The molecular formula is C23H27N3O4S. The Balaban J connectivity index is 1.63. The zero-order chi connectivity index (χ0) is 21.8. The van der Waals surface area contributed by atoms with Gasteiger partial charge in [0.25, 0.3) is 10.1 Å². The molecular weight excluding hydrogens is 414 g/mol. The van der Waals surface area contributed by atoms with Crippen LogP contribution < -0.4 is 9.64 Å². The Kier molecular flexibility index (Phi) is 6.29. The predicted octanol–water partition coefficient (Wildman–Crippen LogP) is 4.60. The highest BCUT2D eigenvalue weighted by atomic mass is 32.2. The molecule has 2 aliphatic heterocycles. The van der Waals surface area contributed by atoms with E-state index in [1.54, 1.807) is 6.20 Å². The summed E-state index contributed by atoms with van der Waals surface area (Å²) in [6.07, 6.45) is 5.63. The van der Waals surface area contributed by atoms with E-state index in [2.05, 4.69) is 11.9 Å². The monoisotopic (exact) mass is 441 g/mol. The van der Waals surface area contributed by atoms with E-state index >= 15 is 0 Å². The van der Waals surface area contributed by atoms with Crippen molar-refractivity contribution >= 4 is 27.3 Å². The van der Waals surface area contributed by atoms with Gasteiger partial charge in [0.15, 0.2) is 11.5 Å². The van der Waals surface area contributed by atoms with E-state index in [-0.39, 0.29) is 6.42 Å². The van der Waals surface area contributed by atoms with Crippen molar-refractivity contribution in [1.82, 2.24) is 4.90 Å². The number of hydrogen-bond donors (Lipinski definition) is 1. The highest BCUT2D eigenvalue weighted by molar-refractivity contribution is 7.87. The minimum atomic E-state index is -4.34. The number of rotatable bonds is 8. The molecule has 2 aromatic carbocycles. The molecule has 2 aromatic rings. The Morgan fingerprint density at radius 2 is 1.71 bits per heavy atom. The largest absolute Gasteiger partial charge is 0.453 e. The lowest BCUT2D eigenvalue weighted by Crippen LogP contribution is -2.45. The van der Waals surface area contributed by atoms with Gasteiger partial charge in [0.2, 0.25) is 0 Å². The third-order valence-corrected chi connectivity index (χ3v) is 6.70. The van der Waals surface area contributed by atoms with Crippen LogP contribution in [0.5, 0.6) is 11.5 Å². The van der Waals surface area contributed by atoms with Gasteiger partial charge in [-0.2, -0.15) is 8.42 Å². The molecule has 0 saturated carbocycles. The number of ether oxygens (including phenoxy) is 1. The number of unbranched alkanes of at least 4 members (excludes halogenated alkanes) is 1. The van der Waals surface area contributed by atoms with Crippen molar-refractivity contribution in [3.05, 3.63) is 60.8 Å². The summed E-state index contributed by atoms with van der Waals surface area (Å²) in [4.78, 5) is 8.35. The highest BCUT2D eigenvalue weighted by Crippen LogP contribution is 2.46. The summed E-state index contributed by atoms with van der Waals surface area (Å²) in [6.45, 7) is 3.76. The van der Waals surface area contributed by atoms with Gasteiger partial charge in [-0.25, -0.2) is 4.99 Å². The molecule has 0 spiro atoms. The third-order valence-electron chi connectivity index (χ3n) is 5.54. The van der Waals surface area contributed by atoms with E-state index in [0.29, 0.717) is 37.0 Å². The van der Waals surface area contributed by atoms with E-state index in [4.69, 9.17) is 4.74 Å². The minimum absolute atomic E-state index is 0.191. The van der Waals surface area contributed by atoms with Gasteiger partial charge in [0.05, 0.1) is 11.4 Å².